The first-order chi connectivity index (χ1) is 8.38. The lowest BCUT2D eigenvalue weighted by molar-refractivity contribution is 0.600. The van der Waals surface area contributed by atoms with E-state index in [9.17, 15) is 8.42 Å². The highest BCUT2D eigenvalue weighted by Gasteiger charge is 2.20. The molecular formula is C9H8BrClN4O2S. The molecule has 6 nitrogen and oxygen atoms in total. The molecule has 2 aromatic heterocycles. The van der Waals surface area contributed by atoms with E-state index in [4.69, 9.17) is 11.6 Å². The molecule has 0 aliphatic heterocycles. The lowest BCUT2D eigenvalue weighted by Crippen LogP contribution is -2.14. The lowest BCUT2D eigenvalue weighted by Gasteiger charge is -2.06. The number of rotatable bonds is 3. The van der Waals surface area contributed by atoms with Gasteiger partial charge in [0.25, 0.3) is 10.0 Å². The van der Waals surface area contributed by atoms with E-state index in [0.717, 1.165) is 0 Å². The van der Waals surface area contributed by atoms with Crippen LogP contribution in [0.2, 0.25) is 5.15 Å². The van der Waals surface area contributed by atoms with Crippen molar-refractivity contribution in [2.75, 3.05) is 4.72 Å². The molecule has 0 aromatic carbocycles. The van der Waals surface area contributed by atoms with E-state index in [2.05, 4.69) is 30.7 Å². The van der Waals surface area contributed by atoms with Crippen molar-refractivity contribution in [3.8, 4) is 0 Å². The molecular weight excluding hydrogens is 344 g/mol. The average molecular weight is 352 g/mol. The maximum absolute atomic E-state index is 12.1. The number of hydrogen-bond acceptors (Lipinski definition) is 4. The maximum atomic E-state index is 12.1. The Bertz CT molecular complexity index is 686. The summed E-state index contributed by atoms with van der Waals surface area (Å²) in [5.74, 6) is 0.216. The van der Waals surface area contributed by atoms with Crippen molar-refractivity contribution >= 4 is 43.4 Å². The summed E-state index contributed by atoms with van der Waals surface area (Å²) in [5, 5.41) is 3.83. The first kappa shape index (κ1) is 13.3. The quantitative estimate of drug-likeness (QED) is 0.858. The van der Waals surface area contributed by atoms with Crippen molar-refractivity contribution in [2.45, 2.75) is 4.90 Å². The number of hydrogen-bond donors (Lipinski definition) is 1. The normalized spacial score (nSPS) is 11.5. The molecule has 0 aliphatic carbocycles. The topological polar surface area (TPSA) is 76.9 Å². The van der Waals surface area contributed by atoms with Crippen molar-refractivity contribution in [3.63, 3.8) is 0 Å². The van der Waals surface area contributed by atoms with Gasteiger partial charge in [0.2, 0.25) is 0 Å². The summed E-state index contributed by atoms with van der Waals surface area (Å²) >= 11 is 8.92. The SMILES string of the molecule is Cn1ccc(NS(=O)(=O)c2cc(Br)cnc2Cl)n1. The zero-order valence-corrected chi connectivity index (χ0v) is 12.3. The van der Waals surface area contributed by atoms with E-state index in [1.54, 1.807) is 13.2 Å². The number of anilines is 1. The van der Waals surface area contributed by atoms with Gasteiger partial charge in [-0.1, -0.05) is 11.6 Å². The molecule has 2 aromatic rings. The summed E-state index contributed by atoms with van der Waals surface area (Å²) < 4.78 is 28.5. The van der Waals surface area contributed by atoms with Crippen LogP contribution in [0.1, 0.15) is 0 Å². The van der Waals surface area contributed by atoms with Gasteiger partial charge in [-0.2, -0.15) is 5.10 Å². The highest BCUT2D eigenvalue weighted by atomic mass is 79.9. The summed E-state index contributed by atoms with van der Waals surface area (Å²) in [6, 6.07) is 2.91. The molecule has 1 N–H and O–H groups in total. The Morgan fingerprint density at radius 1 is 1.50 bits per heavy atom. The Morgan fingerprint density at radius 2 is 2.22 bits per heavy atom. The van der Waals surface area contributed by atoms with E-state index in [1.165, 1.54) is 23.0 Å². The molecule has 18 heavy (non-hydrogen) atoms. The molecule has 0 fully saturated rings. The molecule has 2 heterocycles. The van der Waals surface area contributed by atoms with Crippen LogP contribution in [0.15, 0.2) is 33.9 Å². The second kappa shape index (κ2) is 4.87. The van der Waals surface area contributed by atoms with E-state index >= 15 is 0 Å². The number of nitrogens with zero attached hydrogens (tertiary/aromatic N) is 3. The van der Waals surface area contributed by atoms with Crippen LogP contribution in [0, 0.1) is 0 Å². The van der Waals surface area contributed by atoms with Gasteiger partial charge in [-0.3, -0.25) is 9.40 Å². The highest BCUT2D eigenvalue weighted by Crippen LogP contribution is 2.24. The molecule has 0 radical (unpaired) electrons. The Labute approximate surface area is 117 Å². The van der Waals surface area contributed by atoms with Crippen molar-refractivity contribution < 1.29 is 8.42 Å². The van der Waals surface area contributed by atoms with Gasteiger partial charge in [-0.15, -0.1) is 0 Å². The van der Waals surface area contributed by atoms with Gasteiger partial charge in [-0.25, -0.2) is 13.4 Å². The molecule has 0 bridgehead atoms. The number of aryl methyl sites for hydroxylation is 1. The van der Waals surface area contributed by atoms with Crippen molar-refractivity contribution in [1.29, 1.82) is 0 Å². The van der Waals surface area contributed by atoms with Gasteiger partial charge in [0.05, 0.1) is 0 Å². The van der Waals surface area contributed by atoms with Crippen LogP contribution < -0.4 is 4.72 Å². The number of halogens is 2. The van der Waals surface area contributed by atoms with Crippen LogP contribution in [0.3, 0.4) is 0 Å². The van der Waals surface area contributed by atoms with Crippen molar-refractivity contribution in [3.05, 3.63) is 34.2 Å². The highest BCUT2D eigenvalue weighted by molar-refractivity contribution is 9.10. The smallest absolute Gasteiger partial charge is 0.266 e. The van der Waals surface area contributed by atoms with Gasteiger partial charge < -0.3 is 0 Å². The molecule has 2 rings (SSSR count). The third-order valence-electron chi connectivity index (χ3n) is 2.02. The van der Waals surface area contributed by atoms with Gasteiger partial charge in [0, 0.05) is 30.0 Å². The number of sulfonamides is 1. The monoisotopic (exact) mass is 350 g/mol. The van der Waals surface area contributed by atoms with Crippen LogP contribution in [-0.4, -0.2) is 23.2 Å². The molecule has 9 heteroatoms. The minimum absolute atomic E-state index is 0.0957. The van der Waals surface area contributed by atoms with E-state index in [-0.39, 0.29) is 15.9 Å². The van der Waals surface area contributed by atoms with Crippen molar-refractivity contribution in [2.24, 2.45) is 7.05 Å². The van der Waals surface area contributed by atoms with E-state index < -0.39 is 10.0 Å². The standard InChI is InChI=1S/C9H8BrClN4O2S/c1-15-3-2-8(13-15)14-18(16,17)7-4-6(10)5-12-9(7)11/h2-5H,1H3,(H,13,14). The Hall–Kier alpha value is -1.12. The largest absolute Gasteiger partial charge is 0.274 e. The van der Waals surface area contributed by atoms with Crippen LogP contribution >= 0.6 is 27.5 Å². The zero-order chi connectivity index (χ0) is 13.3. The predicted molar refractivity (Wildman–Crippen MR) is 71.0 cm³/mol. The fourth-order valence-electron chi connectivity index (χ4n) is 1.25. The number of pyridine rings is 1. The molecule has 0 unspecified atom stereocenters. The van der Waals surface area contributed by atoms with Crippen molar-refractivity contribution in [1.82, 2.24) is 14.8 Å². The summed E-state index contributed by atoms with van der Waals surface area (Å²) in [4.78, 5) is 3.66. The fourth-order valence-corrected chi connectivity index (χ4v) is 3.20. The summed E-state index contributed by atoms with van der Waals surface area (Å²) in [7, 11) is -2.12. The minimum atomic E-state index is -3.80. The molecule has 0 saturated heterocycles. The lowest BCUT2D eigenvalue weighted by atomic mass is 10.5. The van der Waals surface area contributed by atoms with Crippen LogP contribution in [-0.2, 0) is 17.1 Å². The third-order valence-corrected chi connectivity index (χ3v) is 4.23. The first-order valence-corrected chi connectivity index (χ1v) is 7.37. The van der Waals surface area contributed by atoms with Gasteiger partial charge >= 0.3 is 0 Å². The first-order valence-electron chi connectivity index (χ1n) is 4.72. The molecule has 0 amide bonds. The summed E-state index contributed by atoms with van der Waals surface area (Å²) in [5.41, 5.74) is 0. The second-order valence-corrected chi connectivity index (χ2v) is 6.35. The van der Waals surface area contributed by atoms with Crippen LogP contribution in [0.25, 0.3) is 0 Å². The van der Waals surface area contributed by atoms with E-state index in [0.29, 0.717) is 4.47 Å². The third kappa shape index (κ3) is 2.82. The van der Waals surface area contributed by atoms with E-state index in [1.807, 2.05) is 0 Å². The number of nitrogens with one attached hydrogen (secondary N) is 1. The molecule has 96 valence electrons. The minimum Gasteiger partial charge on any atom is -0.274 e. The van der Waals surface area contributed by atoms with Crippen LogP contribution in [0.5, 0.6) is 0 Å². The average Bonchev–Trinajstić information content (AvgIpc) is 2.66. The van der Waals surface area contributed by atoms with Gasteiger partial charge in [0.1, 0.15) is 10.0 Å². The molecule has 0 spiro atoms. The molecule has 0 aliphatic rings. The number of aromatic nitrogens is 3. The second-order valence-electron chi connectivity index (χ2n) is 3.42. The van der Waals surface area contributed by atoms with Crippen LogP contribution in [0.4, 0.5) is 5.82 Å². The van der Waals surface area contributed by atoms with Gasteiger partial charge in [0.15, 0.2) is 5.82 Å². The Balaban J connectivity index is 2.39. The predicted octanol–water partition coefficient (Wildman–Crippen LogP) is 2.03. The summed E-state index contributed by atoms with van der Waals surface area (Å²) in [6.45, 7) is 0. The van der Waals surface area contributed by atoms with Gasteiger partial charge in [-0.05, 0) is 22.0 Å². The zero-order valence-electron chi connectivity index (χ0n) is 9.13. The summed E-state index contributed by atoms with van der Waals surface area (Å²) in [6.07, 6.45) is 3.04. The molecule has 0 atom stereocenters. The molecule has 0 saturated carbocycles. The Kier molecular flexibility index (Phi) is 3.60. The fraction of sp³-hybridized carbons (Fsp3) is 0.111. The Morgan fingerprint density at radius 3 is 2.83 bits per heavy atom. The maximum Gasteiger partial charge on any atom is 0.266 e.